The van der Waals surface area contributed by atoms with Crippen LogP contribution >= 0.6 is 0 Å². The van der Waals surface area contributed by atoms with Crippen LogP contribution in [0.2, 0.25) is 0 Å². The van der Waals surface area contributed by atoms with Crippen molar-refractivity contribution in [1.29, 1.82) is 0 Å². The molecule has 0 aliphatic rings. The van der Waals surface area contributed by atoms with Gasteiger partial charge < -0.3 is 8.83 Å². The fourth-order valence-electron chi connectivity index (χ4n) is 8.94. The van der Waals surface area contributed by atoms with Crippen LogP contribution in [0.4, 0.5) is 0 Å². The zero-order valence-electron chi connectivity index (χ0n) is 29.1. The van der Waals surface area contributed by atoms with Crippen LogP contribution in [-0.2, 0) is 0 Å². The second kappa shape index (κ2) is 11.2. The Labute approximate surface area is 310 Å². The van der Waals surface area contributed by atoms with Crippen molar-refractivity contribution in [2.75, 3.05) is 0 Å². The highest BCUT2D eigenvalue weighted by molar-refractivity contribution is 6.26. The van der Waals surface area contributed by atoms with Gasteiger partial charge in [0.05, 0.1) is 5.39 Å². The van der Waals surface area contributed by atoms with Crippen molar-refractivity contribution in [3.63, 3.8) is 0 Å². The van der Waals surface area contributed by atoms with E-state index in [0.29, 0.717) is 0 Å². The summed E-state index contributed by atoms with van der Waals surface area (Å²) < 4.78 is 13.4. The summed E-state index contributed by atoms with van der Waals surface area (Å²) in [6, 6.07) is 65.6. The van der Waals surface area contributed by atoms with Gasteiger partial charge in [-0.2, -0.15) is 0 Å². The van der Waals surface area contributed by atoms with Gasteiger partial charge >= 0.3 is 0 Å². The average molecular weight is 687 g/mol. The van der Waals surface area contributed by atoms with Gasteiger partial charge in [-0.25, -0.2) is 0 Å². The van der Waals surface area contributed by atoms with Crippen molar-refractivity contribution < 1.29 is 8.83 Å². The molecule has 0 spiro atoms. The van der Waals surface area contributed by atoms with Gasteiger partial charge in [-0.3, -0.25) is 0 Å². The van der Waals surface area contributed by atoms with E-state index < -0.39 is 0 Å². The molecule has 0 saturated heterocycles. The Balaban J connectivity index is 1.05. The van der Waals surface area contributed by atoms with E-state index >= 15 is 0 Å². The molecule has 12 aromatic rings. The molecule has 10 aromatic carbocycles. The molecule has 0 atom stereocenters. The Morgan fingerprint density at radius 2 is 0.778 bits per heavy atom. The molecule has 0 N–H and O–H groups in total. The van der Waals surface area contributed by atoms with Crippen molar-refractivity contribution in [2.45, 2.75) is 0 Å². The quantitative estimate of drug-likeness (QED) is 0.173. The Hall–Kier alpha value is -7.16. The first-order valence-corrected chi connectivity index (χ1v) is 18.5. The number of rotatable bonds is 3. The van der Waals surface area contributed by atoms with E-state index in [2.05, 4.69) is 182 Å². The first-order chi connectivity index (χ1) is 26.8. The highest BCUT2D eigenvalue weighted by Crippen LogP contribution is 2.46. The summed E-state index contributed by atoms with van der Waals surface area (Å²) in [5, 5.41) is 13.9. The molecular weight excluding hydrogens is 657 g/mol. The number of benzene rings is 10. The fourth-order valence-corrected chi connectivity index (χ4v) is 8.94. The lowest BCUT2D eigenvalue weighted by Crippen LogP contribution is -1.91. The molecule has 0 saturated carbocycles. The van der Waals surface area contributed by atoms with Gasteiger partial charge in [0.2, 0.25) is 0 Å². The molecule has 2 aromatic heterocycles. The van der Waals surface area contributed by atoms with E-state index in [1.165, 1.54) is 65.5 Å². The van der Waals surface area contributed by atoms with Gasteiger partial charge in [0.1, 0.15) is 22.3 Å². The SMILES string of the molecule is c1ccc(-c2ccc3cc(-c4c5ccccc5c(-c5ccc6c(c5)oc5ccc7c8ccc9ccccc9c8oc7c56)c5ccccc45)ccc3c2)cc1. The predicted octanol–water partition coefficient (Wildman–Crippen LogP) is 15.1. The smallest absolute Gasteiger partial charge is 0.147 e. The van der Waals surface area contributed by atoms with Gasteiger partial charge in [0.15, 0.2) is 0 Å². The lowest BCUT2D eigenvalue weighted by atomic mass is 9.85. The number of hydrogen-bond donors (Lipinski definition) is 0. The lowest BCUT2D eigenvalue weighted by molar-refractivity contribution is 0.664. The zero-order chi connectivity index (χ0) is 35.3. The van der Waals surface area contributed by atoms with Crippen molar-refractivity contribution in [2.24, 2.45) is 0 Å². The molecule has 54 heavy (non-hydrogen) atoms. The second-order valence-corrected chi connectivity index (χ2v) is 14.4. The maximum atomic E-state index is 6.72. The standard InChI is InChI=1S/C52H30O2/c1-2-10-31(11-3-1)33-18-19-35-29-36(21-20-34(35)28-33)48-39-14-6-8-16-41(39)49(42-17-9-7-15-40(42)48)37-23-25-45-47(30-37)53-46-27-26-44-43-24-22-32-12-4-5-13-38(32)51(43)54-52(44)50(45)46/h1-30H. The first kappa shape index (κ1) is 29.4. The highest BCUT2D eigenvalue weighted by Gasteiger charge is 2.20. The molecule has 0 aliphatic heterocycles. The van der Waals surface area contributed by atoms with Gasteiger partial charge in [-0.1, -0.05) is 140 Å². The van der Waals surface area contributed by atoms with Crippen molar-refractivity contribution >= 4 is 87.0 Å². The van der Waals surface area contributed by atoms with Gasteiger partial charge in [-0.15, -0.1) is 0 Å². The van der Waals surface area contributed by atoms with E-state index in [1.807, 2.05) is 0 Å². The number of furan rings is 2. The summed E-state index contributed by atoms with van der Waals surface area (Å²) >= 11 is 0. The Kier molecular flexibility index (Phi) is 6.09. The second-order valence-electron chi connectivity index (χ2n) is 14.4. The number of hydrogen-bond acceptors (Lipinski definition) is 2. The maximum Gasteiger partial charge on any atom is 0.147 e. The van der Waals surface area contributed by atoms with E-state index in [4.69, 9.17) is 8.83 Å². The van der Waals surface area contributed by atoms with Crippen LogP contribution in [0.3, 0.4) is 0 Å². The summed E-state index contributed by atoms with van der Waals surface area (Å²) in [6.07, 6.45) is 0. The van der Waals surface area contributed by atoms with Crippen molar-refractivity contribution in [3.8, 4) is 33.4 Å². The third-order valence-corrected chi connectivity index (χ3v) is 11.4. The molecular formula is C52H30O2. The average Bonchev–Trinajstić information content (AvgIpc) is 3.81. The minimum absolute atomic E-state index is 0.829. The third-order valence-electron chi connectivity index (χ3n) is 11.4. The fraction of sp³-hybridized carbons (Fsp3) is 0. The zero-order valence-corrected chi connectivity index (χ0v) is 29.1. The Bertz CT molecular complexity index is 3430. The molecule has 0 fully saturated rings. The lowest BCUT2D eigenvalue weighted by Gasteiger charge is -2.18. The Morgan fingerprint density at radius 1 is 0.259 bits per heavy atom. The highest BCUT2D eigenvalue weighted by atomic mass is 16.3. The summed E-state index contributed by atoms with van der Waals surface area (Å²) in [6.45, 7) is 0. The van der Waals surface area contributed by atoms with Gasteiger partial charge in [0, 0.05) is 21.5 Å². The summed E-state index contributed by atoms with van der Waals surface area (Å²) in [4.78, 5) is 0. The molecule has 2 heterocycles. The molecule has 2 heteroatoms. The maximum absolute atomic E-state index is 6.72. The van der Waals surface area contributed by atoms with E-state index in [0.717, 1.165) is 54.8 Å². The van der Waals surface area contributed by atoms with Crippen LogP contribution in [0.25, 0.3) is 120 Å². The largest absolute Gasteiger partial charge is 0.456 e. The third kappa shape index (κ3) is 4.22. The molecule has 2 nitrogen and oxygen atoms in total. The van der Waals surface area contributed by atoms with Crippen LogP contribution in [0.1, 0.15) is 0 Å². The molecule has 0 bridgehead atoms. The molecule has 250 valence electrons. The van der Waals surface area contributed by atoms with Gasteiger partial charge in [0.25, 0.3) is 0 Å². The summed E-state index contributed by atoms with van der Waals surface area (Å²) in [7, 11) is 0. The summed E-state index contributed by atoms with van der Waals surface area (Å²) in [5.74, 6) is 0. The van der Waals surface area contributed by atoms with Crippen LogP contribution < -0.4 is 0 Å². The van der Waals surface area contributed by atoms with Crippen LogP contribution in [0, 0.1) is 0 Å². The van der Waals surface area contributed by atoms with Crippen molar-refractivity contribution in [3.05, 3.63) is 182 Å². The number of fused-ring (bicyclic) bond motifs is 12. The molecule has 0 radical (unpaired) electrons. The van der Waals surface area contributed by atoms with E-state index in [1.54, 1.807) is 0 Å². The van der Waals surface area contributed by atoms with Crippen LogP contribution in [-0.4, -0.2) is 0 Å². The molecule has 0 amide bonds. The molecule has 0 aliphatic carbocycles. The molecule has 12 rings (SSSR count). The monoisotopic (exact) mass is 686 g/mol. The minimum atomic E-state index is 0.829. The van der Waals surface area contributed by atoms with Crippen LogP contribution in [0.5, 0.6) is 0 Å². The Morgan fingerprint density at radius 3 is 1.50 bits per heavy atom. The summed E-state index contributed by atoms with van der Waals surface area (Å²) in [5.41, 5.74) is 10.7. The van der Waals surface area contributed by atoms with Crippen molar-refractivity contribution in [1.82, 2.24) is 0 Å². The minimum Gasteiger partial charge on any atom is -0.456 e. The molecule has 0 unspecified atom stereocenters. The normalized spacial score (nSPS) is 12.1. The van der Waals surface area contributed by atoms with Crippen LogP contribution in [0.15, 0.2) is 191 Å². The predicted molar refractivity (Wildman–Crippen MR) is 227 cm³/mol. The topological polar surface area (TPSA) is 26.3 Å². The van der Waals surface area contributed by atoms with E-state index in [-0.39, 0.29) is 0 Å². The van der Waals surface area contributed by atoms with Gasteiger partial charge in [-0.05, 0) is 114 Å². The first-order valence-electron chi connectivity index (χ1n) is 18.5. The van der Waals surface area contributed by atoms with E-state index in [9.17, 15) is 0 Å².